The fourth-order valence-electron chi connectivity index (χ4n) is 3.04. The van der Waals surface area contributed by atoms with E-state index in [1.54, 1.807) is 0 Å². The molecule has 0 aromatic rings. The van der Waals surface area contributed by atoms with Crippen molar-refractivity contribution < 1.29 is 10.2 Å². The van der Waals surface area contributed by atoms with E-state index in [0.717, 1.165) is 12.8 Å². The van der Waals surface area contributed by atoms with Crippen molar-refractivity contribution >= 4 is 0 Å². The number of aliphatic hydroxyl groups is 2. The van der Waals surface area contributed by atoms with Crippen LogP contribution >= 0.6 is 0 Å². The maximum atomic E-state index is 9.36. The molecule has 1 fully saturated rings. The first-order chi connectivity index (χ1) is 6.34. The van der Waals surface area contributed by atoms with Crippen LogP contribution in [0.1, 0.15) is 40.5 Å². The third kappa shape index (κ3) is 2.12. The Balaban J connectivity index is 2.77. The van der Waals surface area contributed by atoms with Gasteiger partial charge in [0.1, 0.15) is 0 Å². The molecule has 0 aromatic carbocycles. The van der Waals surface area contributed by atoms with Gasteiger partial charge in [0.25, 0.3) is 0 Å². The van der Waals surface area contributed by atoms with E-state index in [2.05, 4.69) is 27.7 Å². The summed E-state index contributed by atoms with van der Waals surface area (Å²) < 4.78 is 0. The van der Waals surface area contributed by atoms with Gasteiger partial charge >= 0.3 is 0 Å². The normalized spacial score (nSPS) is 32.1. The molecule has 0 amide bonds. The monoisotopic (exact) mass is 200 g/mol. The number of rotatable bonds is 2. The Hall–Kier alpha value is -0.0800. The molecule has 84 valence electrons. The molecule has 14 heavy (non-hydrogen) atoms. The van der Waals surface area contributed by atoms with Crippen LogP contribution in [-0.2, 0) is 0 Å². The summed E-state index contributed by atoms with van der Waals surface area (Å²) in [6.45, 7) is 9.24. The molecule has 0 saturated heterocycles. The van der Waals surface area contributed by atoms with Crippen molar-refractivity contribution in [2.75, 3.05) is 13.2 Å². The van der Waals surface area contributed by atoms with Gasteiger partial charge in [0.15, 0.2) is 0 Å². The van der Waals surface area contributed by atoms with Crippen LogP contribution in [0.3, 0.4) is 0 Å². The van der Waals surface area contributed by atoms with Crippen LogP contribution in [0.2, 0.25) is 0 Å². The van der Waals surface area contributed by atoms with Crippen molar-refractivity contribution in [1.29, 1.82) is 0 Å². The van der Waals surface area contributed by atoms with Gasteiger partial charge in [0.2, 0.25) is 0 Å². The summed E-state index contributed by atoms with van der Waals surface area (Å²) >= 11 is 0. The molecular formula is C12H24O2. The number of aliphatic hydroxyl groups excluding tert-OH is 2. The second-order valence-electron chi connectivity index (χ2n) is 6.17. The first-order valence-corrected chi connectivity index (χ1v) is 5.56. The molecular weight excluding hydrogens is 176 g/mol. The summed E-state index contributed by atoms with van der Waals surface area (Å²) in [5.41, 5.74) is 0.0723. The van der Waals surface area contributed by atoms with E-state index < -0.39 is 0 Å². The van der Waals surface area contributed by atoms with Crippen molar-refractivity contribution in [2.24, 2.45) is 22.7 Å². The fourth-order valence-corrected chi connectivity index (χ4v) is 3.04. The lowest BCUT2D eigenvalue weighted by molar-refractivity contribution is 0.0506. The van der Waals surface area contributed by atoms with Crippen molar-refractivity contribution in [2.45, 2.75) is 40.5 Å². The maximum Gasteiger partial charge on any atom is 0.0509 e. The molecule has 1 saturated carbocycles. The summed E-state index contributed by atoms with van der Waals surface area (Å²) in [6.07, 6.45) is 1.92. The van der Waals surface area contributed by atoms with Crippen LogP contribution in [0, 0.1) is 22.7 Å². The van der Waals surface area contributed by atoms with E-state index in [1.165, 1.54) is 0 Å². The summed E-state index contributed by atoms with van der Waals surface area (Å²) in [5.74, 6) is 1.22. The minimum atomic E-state index is -0.211. The first-order valence-electron chi connectivity index (χ1n) is 5.56. The quantitative estimate of drug-likeness (QED) is 0.716. The Labute approximate surface area is 87.3 Å². The van der Waals surface area contributed by atoms with Crippen LogP contribution in [0.15, 0.2) is 0 Å². The number of hydrogen-bond donors (Lipinski definition) is 2. The minimum Gasteiger partial charge on any atom is -0.396 e. The smallest absolute Gasteiger partial charge is 0.0509 e. The molecule has 0 radical (unpaired) electrons. The maximum absolute atomic E-state index is 9.36. The summed E-state index contributed by atoms with van der Waals surface area (Å²) in [5, 5.41) is 18.7. The zero-order valence-corrected chi connectivity index (χ0v) is 9.88. The molecule has 0 heterocycles. The predicted octanol–water partition coefficient (Wildman–Crippen LogP) is 2.05. The summed E-state index contributed by atoms with van der Waals surface area (Å²) in [4.78, 5) is 0. The van der Waals surface area contributed by atoms with Crippen LogP contribution < -0.4 is 0 Å². The van der Waals surface area contributed by atoms with Gasteiger partial charge in [-0.25, -0.2) is 0 Å². The highest BCUT2D eigenvalue weighted by Gasteiger charge is 2.46. The Bertz CT molecular complexity index is 189. The average molecular weight is 200 g/mol. The van der Waals surface area contributed by atoms with E-state index in [9.17, 15) is 10.2 Å². The van der Waals surface area contributed by atoms with E-state index in [1.807, 2.05) is 0 Å². The third-order valence-corrected chi connectivity index (χ3v) is 3.88. The minimum absolute atomic E-state index is 0.125. The SMILES string of the molecule is C[C@@H]1CC(CO)(CO)C[C@H]1C(C)(C)C. The predicted molar refractivity (Wildman–Crippen MR) is 57.9 cm³/mol. The van der Waals surface area contributed by atoms with Crippen molar-refractivity contribution in [3.63, 3.8) is 0 Å². The lowest BCUT2D eigenvalue weighted by Crippen LogP contribution is -2.28. The standard InChI is InChI=1S/C12H24O2/c1-9-5-12(7-13,8-14)6-10(9)11(2,3)4/h9-10,13-14H,5-8H2,1-4H3/t9-,10-/m1/s1. The van der Waals surface area contributed by atoms with Crippen LogP contribution in [0.5, 0.6) is 0 Å². The summed E-state index contributed by atoms with van der Waals surface area (Å²) in [6, 6.07) is 0. The largest absolute Gasteiger partial charge is 0.396 e. The topological polar surface area (TPSA) is 40.5 Å². The molecule has 1 aliphatic carbocycles. The van der Waals surface area contributed by atoms with Gasteiger partial charge in [-0.2, -0.15) is 0 Å². The summed E-state index contributed by atoms with van der Waals surface area (Å²) in [7, 11) is 0. The second-order valence-corrected chi connectivity index (χ2v) is 6.17. The lowest BCUT2D eigenvalue weighted by atomic mass is 9.74. The third-order valence-electron chi connectivity index (χ3n) is 3.88. The van der Waals surface area contributed by atoms with Crippen LogP contribution in [0.25, 0.3) is 0 Å². The lowest BCUT2D eigenvalue weighted by Gasteiger charge is -2.31. The zero-order chi connectivity index (χ0) is 11.0. The van der Waals surface area contributed by atoms with Gasteiger partial charge in [-0.05, 0) is 30.1 Å². The van der Waals surface area contributed by atoms with Gasteiger partial charge in [0.05, 0.1) is 13.2 Å². The van der Waals surface area contributed by atoms with E-state index in [4.69, 9.17) is 0 Å². The Morgan fingerprint density at radius 2 is 1.64 bits per heavy atom. The average Bonchev–Trinajstić information content (AvgIpc) is 2.43. The highest BCUT2D eigenvalue weighted by molar-refractivity contribution is 4.95. The van der Waals surface area contributed by atoms with Gasteiger partial charge in [0, 0.05) is 5.41 Å². The molecule has 0 aromatic heterocycles. The van der Waals surface area contributed by atoms with Crippen LogP contribution in [0.4, 0.5) is 0 Å². The van der Waals surface area contributed by atoms with E-state index >= 15 is 0 Å². The highest BCUT2D eigenvalue weighted by Crippen LogP contribution is 2.51. The molecule has 1 rings (SSSR count). The van der Waals surface area contributed by atoms with Gasteiger partial charge in [-0.3, -0.25) is 0 Å². The Morgan fingerprint density at radius 3 is 1.86 bits per heavy atom. The van der Waals surface area contributed by atoms with E-state index in [-0.39, 0.29) is 24.0 Å². The highest BCUT2D eigenvalue weighted by atomic mass is 16.3. The fraction of sp³-hybridized carbons (Fsp3) is 1.00. The van der Waals surface area contributed by atoms with Gasteiger partial charge in [-0.15, -0.1) is 0 Å². The first kappa shape index (κ1) is 12.0. The zero-order valence-electron chi connectivity index (χ0n) is 9.88. The van der Waals surface area contributed by atoms with E-state index in [0.29, 0.717) is 11.8 Å². The molecule has 0 unspecified atom stereocenters. The van der Waals surface area contributed by atoms with Crippen molar-refractivity contribution in [3.8, 4) is 0 Å². The Kier molecular flexibility index (Phi) is 3.27. The van der Waals surface area contributed by atoms with Crippen molar-refractivity contribution in [3.05, 3.63) is 0 Å². The van der Waals surface area contributed by atoms with Gasteiger partial charge < -0.3 is 10.2 Å². The second kappa shape index (κ2) is 3.82. The Morgan fingerprint density at radius 1 is 1.14 bits per heavy atom. The molecule has 2 atom stereocenters. The molecule has 2 N–H and O–H groups in total. The molecule has 1 aliphatic rings. The molecule has 2 heteroatoms. The molecule has 0 aliphatic heterocycles. The molecule has 0 spiro atoms. The van der Waals surface area contributed by atoms with Crippen LogP contribution in [-0.4, -0.2) is 23.4 Å². The van der Waals surface area contributed by atoms with Gasteiger partial charge in [-0.1, -0.05) is 27.7 Å². The molecule has 2 nitrogen and oxygen atoms in total. The number of hydrogen-bond acceptors (Lipinski definition) is 2. The van der Waals surface area contributed by atoms with Crippen molar-refractivity contribution in [1.82, 2.24) is 0 Å². The molecule has 0 bridgehead atoms.